The number of β-amino-alcohol motifs (C(OH)–C–C–N with tert-alkyl or cyclic N) is 1. The Balaban J connectivity index is 1.82. The molecule has 1 aromatic rings. The molecule has 128 valence electrons. The van der Waals surface area contributed by atoms with Crippen molar-refractivity contribution in [1.29, 1.82) is 0 Å². The van der Waals surface area contributed by atoms with E-state index in [-0.39, 0.29) is 5.92 Å². The van der Waals surface area contributed by atoms with Crippen molar-refractivity contribution in [3.8, 4) is 0 Å². The molecule has 1 fully saturated rings. The van der Waals surface area contributed by atoms with Crippen LogP contribution in [-0.2, 0) is 4.79 Å². The number of benzene rings is 1. The molecule has 1 atom stereocenters. The van der Waals surface area contributed by atoms with Gasteiger partial charge in [-0.2, -0.15) is 0 Å². The number of piperidine rings is 1. The van der Waals surface area contributed by atoms with Crippen LogP contribution in [-0.4, -0.2) is 53.5 Å². The van der Waals surface area contributed by atoms with Gasteiger partial charge in [0.1, 0.15) is 0 Å². The molecule has 1 saturated heterocycles. The summed E-state index contributed by atoms with van der Waals surface area (Å²) >= 11 is 0. The molecule has 1 amide bonds. The van der Waals surface area contributed by atoms with Crippen LogP contribution in [0.2, 0.25) is 0 Å². The average Bonchev–Trinajstić information content (AvgIpc) is 2.57. The van der Waals surface area contributed by atoms with Crippen LogP contribution in [0.3, 0.4) is 0 Å². The second-order valence-electron chi connectivity index (χ2n) is 6.51. The summed E-state index contributed by atoms with van der Waals surface area (Å²) in [6.07, 6.45) is 1.34. The highest BCUT2D eigenvalue weighted by atomic mass is 16.3. The summed E-state index contributed by atoms with van der Waals surface area (Å²) in [4.78, 5) is 16.6. The number of hydrogen-bond acceptors (Lipinski definition) is 3. The maximum absolute atomic E-state index is 12.4. The molecule has 0 bridgehead atoms. The van der Waals surface area contributed by atoms with Crippen LogP contribution in [0.1, 0.15) is 43.9 Å². The quantitative estimate of drug-likeness (QED) is 0.877. The molecule has 1 unspecified atom stereocenters. The number of nitrogens with zero attached hydrogens (tertiary/aromatic N) is 2. The predicted octanol–water partition coefficient (Wildman–Crippen LogP) is 2.61. The molecule has 1 heterocycles. The van der Waals surface area contributed by atoms with Crippen LogP contribution in [0.15, 0.2) is 24.3 Å². The number of hydrogen-bond donors (Lipinski definition) is 1. The van der Waals surface area contributed by atoms with E-state index >= 15 is 0 Å². The fourth-order valence-electron chi connectivity index (χ4n) is 3.29. The molecule has 4 nitrogen and oxygen atoms in total. The van der Waals surface area contributed by atoms with Crippen molar-refractivity contribution in [1.82, 2.24) is 9.80 Å². The molecule has 0 aliphatic carbocycles. The fourth-order valence-corrected chi connectivity index (χ4v) is 3.29. The van der Waals surface area contributed by atoms with E-state index in [1.54, 1.807) is 0 Å². The van der Waals surface area contributed by atoms with Crippen LogP contribution in [0.5, 0.6) is 0 Å². The lowest BCUT2D eigenvalue weighted by Gasteiger charge is -2.34. The molecule has 0 radical (unpaired) electrons. The summed E-state index contributed by atoms with van der Waals surface area (Å²) < 4.78 is 0. The zero-order chi connectivity index (χ0) is 16.8. The maximum Gasteiger partial charge on any atom is 0.225 e. The first kappa shape index (κ1) is 18.0. The van der Waals surface area contributed by atoms with E-state index in [4.69, 9.17) is 0 Å². The highest BCUT2D eigenvalue weighted by Crippen LogP contribution is 2.22. The number of aryl methyl sites for hydroxylation is 1. The average molecular weight is 318 g/mol. The third-order valence-corrected chi connectivity index (χ3v) is 4.91. The van der Waals surface area contributed by atoms with Crippen molar-refractivity contribution < 1.29 is 9.90 Å². The van der Waals surface area contributed by atoms with Crippen LogP contribution >= 0.6 is 0 Å². The van der Waals surface area contributed by atoms with Crippen molar-refractivity contribution >= 4 is 5.91 Å². The standard InChI is InChI=1S/C19H30N2O2/c1-4-21(5-2)19(23)17-10-12-20(13-11-17)14-18(22)16-8-6-15(3)7-9-16/h6-9,17-18,22H,4-5,10-14H2,1-3H3. The third-order valence-electron chi connectivity index (χ3n) is 4.91. The summed E-state index contributed by atoms with van der Waals surface area (Å²) in [7, 11) is 0. The molecule has 2 rings (SSSR count). The van der Waals surface area contributed by atoms with Gasteiger partial charge in [0.25, 0.3) is 0 Å². The Hall–Kier alpha value is -1.39. The summed E-state index contributed by atoms with van der Waals surface area (Å²) in [5.74, 6) is 0.455. The number of aliphatic hydroxyl groups is 1. The Kier molecular flexibility index (Phi) is 6.60. The van der Waals surface area contributed by atoms with Gasteiger partial charge in [0.05, 0.1) is 6.10 Å². The lowest BCUT2D eigenvalue weighted by atomic mass is 9.94. The Morgan fingerprint density at radius 2 is 1.78 bits per heavy atom. The van der Waals surface area contributed by atoms with Gasteiger partial charge in [-0.15, -0.1) is 0 Å². The number of amides is 1. The minimum absolute atomic E-state index is 0.155. The van der Waals surface area contributed by atoms with Crippen molar-refractivity contribution in [2.75, 3.05) is 32.7 Å². The molecule has 23 heavy (non-hydrogen) atoms. The normalized spacial score (nSPS) is 17.9. The molecule has 4 heteroatoms. The van der Waals surface area contributed by atoms with Gasteiger partial charge in [-0.05, 0) is 52.3 Å². The highest BCUT2D eigenvalue weighted by molar-refractivity contribution is 5.78. The topological polar surface area (TPSA) is 43.8 Å². The van der Waals surface area contributed by atoms with Gasteiger partial charge < -0.3 is 14.9 Å². The molecule has 1 aliphatic rings. The van der Waals surface area contributed by atoms with Gasteiger partial charge in [0.2, 0.25) is 5.91 Å². The van der Waals surface area contributed by atoms with Gasteiger partial charge in [-0.25, -0.2) is 0 Å². The van der Waals surface area contributed by atoms with Gasteiger partial charge in [0, 0.05) is 25.6 Å². The first-order chi connectivity index (χ1) is 11.0. The van der Waals surface area contributed by atoms with Crippen molar-refractivity contribution in [2.24, 2.45) is 5.92 Å². The monoisotopic (exact) mass is 318 g/mol. The van der Waals surface area contributed by atoms with E-state index in [1.807, 2.05) is 49.9 Å². The van der Waals surface area contributed by atoms with Gasteiger partial charge >= 0.3 is 0 Å². The first-order valence-corrected chi connectivity index (χ1v) is 8.80. The molecule has 0 aromatic heterocycles. The van der Waals surface area contributed by atoms with Crippen LogP contribution in [0, 0.1) is 12.8 Å². The van der Waals surface area contributed by atoms with E-state index in [2.05, 4.69) is 4.90 Å². The van der Waals surface area contributed by atoms with Gasteiger partial charge in [0.15, 0.2) is 0 Å². The number of carbonyl (C=O) groups is 1. The molecule has 0 saturated carbocycles. The number of rotatable bonds is 6. The van der Waals surface area contributed by atoms with E-state index < -0.39 is 6.10 Å². The largest absolute Gasteiger partial charge is 0.387 e. The zero-order valence-electron chi connectivity index (χ0n) is 14.7. The number of likely N-dealkylation sites (tertiary alicyclic amines) is 1. The molecule has 0 spiro atoms. The summed E-state index contributed by atoms with van der Waals surface area (Å²) in [6.45, 7) is 10.1. The van der Waals surface area contributed by atoms with Crippen LogP contribution in [0.4, 0.5) is 0 Å². The molecular formula is C19H30N2O2. The van der Waals surface area contributed by atoms with Crippen LogP contribution < -0.4 is 0 Å². The Morgan fingerprint density at radius 1 is 1.22 bits per heavy atom. The van der Waals surface area contributed by atoms with Crippen molar-refractivity contribution in [3.63, 3.8) is 0 Å². The number of aliphatic hydroxyl groups excluding tert-OH is 1. The molecule has 1 aliphatic heterocycles. The highest BCUT2D eigenvalue weighted by Gasteiger charge is 2.28. The second kappa shape index (κ2) is 8.46. The van der Waals surface area contributed by atoms with E-state index in [9.17, 15) is 9.90 Å². The number of carbonyl (C=O) groups excluding carboxylic acids is 1. The van der Waals surface area contributed by atoms with E-state index in [0.717, 1.165) is 44.6 Å². The zero-order valence-corrected chi connectivity index (χ0v) is 14.7. The summed E-state index contributed by atoms with van der Waals surface area (Å²) in [5.41, 5.74) is 2.17. The third kappa shape index (κ3) is 4.79. The summed E-state index contributed by atoms with van der Waals surface area (Å²) in [6, 6.07) is 8.06. The Bertz CT molecular complexity index is 489. The lowest BCUT2D eigenvalue weighted by molar-refractivity contribution is -0.136. The molecule has 1 N–H and O–H groups in total. The van der Waals surface area contributed by atoms with Crippen LogP contribution in [0.25, 0.3) is 0 Å². The van der Waals surface area contributed by atoms with Gasteiger partial charge in [-0.1, -0.05) is 29.8 Å². The minimum atomic E-state index is -0.453. The van der Waals surface area contributed by atoms with E-state index in [1.165, 1.54) is 5.56 Å². The first-order valence-electron chi connectivity index (χ1n) is 8.80. The second-order valence-corrected chi connectivity index (χ2v) is 6.51. The van der Waals surface area contributed by atoms with Crippen molar-refractivity contribution in [2.45, 2.75) is 39.7 Å². The molecular weight excluding hydrogens is 288 g/mol. The van der Waals surface area contributed by atoms with Crippen molar-refractivity contribution in [3.05, 3.63) is 35.4 Å². The van der Waals surface area contributed by atoms with E-state index in [0.29, 0.717) is 12.5 Å². The predicted molar refractivity (Wildman–Crippen MR) is 93.2 cm³/mol. The summed E-state index contributed by atoms with van der Waals surface area (Å²) in [5, 5.41) is 10.4. The minimum Gasteiger partial charge on any atom is -0.387 e. The fraction of sp³-hybridized carbons (Fsp3) is 0.632. The SMILES string of the molecule is CCN(CC)C(=O)C1CCN(CC(O)c2ccc(C)cc2)CC1. The lowest BCUT2D eigenvalue weighted by Crippen LogP contribution is -2.43. The maximum atomic E-state index is 12.4. The van der Waals surface area contributed by atoms with Gasteiger partial charge in [-0.3, -0.25) is 4.79 Å². The molecule has 1 aromatic carbocycles. The Morgan fingerprint density at radius 3 is 2.30 bits per heavy atom. The Labute approximate surface area is 140 Å². The smallest absolute Gasteiger partial charge is 0.225 e.